The van der Waals surface area contributed by atoms with Crippen molar-refractivity contribution in [1.29, 1.82) is 0 Å². The van der Waals surface area contributed by atoms with Crippen molar-refractivity contribution in [2.24, 2.45) is 0 Å². The van der Waals surface area contributed by atoms with E-state index in [9.17, 15) is 39.9 Å². The molecule has 0 spiro atoms. The Labute approximate surface area is 242 Å². The third-order valence-corrected chi connectivity index (χ3v) is 8.87. The van der Waals surface area contributed by atoms with Gasteiger partial charge >= 0.3 is 5.97 Å². The number of carbonyl (C=O) groups excluding carboxylic acids is 3. The molecule has 1 fully saturated rings. The number of ketones is 2. The van der Waals surface area contributed by atoms with Crippen molar-refractivity contribution < 1.29 is 54.1 Å². The number of ether oxygens (including phenoxy) is 3. The zero-order chi connectivity index (χ0) is 30.8. The van der Waals surface area contributed by atoms with Gasteiger partial charge in [-0.2, -0.15) is 0 Å². The molecule has 226 valence electrons. The maximum Gasteiger partial charge on any atom is 0.316 e. The summed E-state index contributed by atoms with van der Waals surface area (Å²) in [7, 11) is 4.76. The van der Waals surface area contributed by atoms with Crippen LogP contribution in [0.2, 0.25) is 0 Å². The van der Waals surface area contributed by atoms with Crippen LogP contribution in [0.15, 0.2) is 18.2 Å². The number of phenols is 3. The first-order valence-electron chi connectivity index (χ1n) is 13.7. The number of methoxy groups -OCH3 is 1. The third kappa shape index (κ3) is 4.45. The van der Waals surface area contributed by atoms with Crippen molar-refractivity contribution in [3.8, 4) is 17.2 Å². The highest BCUT2D eigenvalue weighted by molar-refractivity contribution is 6.31. The van der Waals surface area contributed by atoms with Crippen LogP contribution in [0, 0.1) is 0 Å². The lowest BCUT2D eigenvalue weighted by Gasteiger charge is -2.46. The second kappa shape index (κ2) is 10.6. The molecule has 12 nitrogen and oxygen atoms in total. The van der Waals surface area contributed by atoms with E-state index in [0.29, 0.717) is 0 Å². The molecule has 0 amide bonds. The van der Waals surface area contributed by atoms with E-state index in [1.54, 1.807) is 13.8 Å². The predicted molar refractivity (Wildman–Crippen MR) is 146 cm³/mol. The first-order chi connectivity index (χ1) is 19.7. The zero-order valence-electron chi connectivity index (χ0n) is 24.0. The van der Waals surface area contributed by atoms with Gasteiger partial charge < -0.3 is 44.6 Å². The van der Waals surface area contributed by atoms with E-state index in [4.69, 9.17) is 14.2 Å². The molecular formula is C30H35NO11. The summed E-state index contributed by atoms with van der Waals surface area (Å²) in [6, 6.07) is 3.05. The number of fused-ring (bicyclic) bond motifs is 3. The van der Waals surface area contributed by atoms with Gasteiger partial charge in [0, 0.05) is 30.0 Å². The molecule has 5 N–H and O–H groups in total. The Morgan fingerprint density at radius 3 is 2.29 bits per heavy atom. The summed E-state index contributed by atoms with van der Waals surface area (Å²) in [6.07, 6.45) is -3.34. The largest absolute Gasteiger partial charge is 0.507 e. The summed E-state index contributed by atoms with van der Waals surface area (Å²) in [5.74, 6) is -5.69. The molecule has 2 aromatic rings. The first kappa shape index (κ1) is 29.9. The van der Waals surface area contributed by atoms with Crippen molar-refractivity contribution in [2.45, 2.75) is 75.3 Å². The van der Waals surface area contributed by atoms with Crippen LogP contribution < -0.4 is 0 Å². The lowest BCUT2D eigenvalue weighted by atomic mass is 9.67. The summed E-state index contributed by atoms with van der Waals surface area (Å²) in [4.78, 5) is 42.2. The molecule has 1 heterocycles. The fraction of sp³-hybridized carbons (Fsp3) is 0.500. The van der Waals surface area contributed by atoms with Crippen LogP contribution in [0.3, 0.4) is 0 Å². The van der Waals surface area contributed by atoms with Crippen LogP contribution in [0.1, 0.15) is 88.1 Å². The number of nitrogens with zero attached hydrogens (tertiary/aromatic N) is 1. The summed E-state index contributed by atoms with van der Waals surface area (Å²) in [6.45, 7) is 3.36. The molecule has 42 heavy (non-hydrogen) atoms. The van der Waals surface area contributed by atoms with E-state index in [0.717, 1.165) is 19.2 Å². The van der Waals surface area contributed by atoms with E-state index in [1.807, 2.05) is 19.0 Å². The second-order valence-electron chi connectivity index (χ2n) is 11.4. The molecule has 2 aliphatic carbocycles. The summed E-state index contributed by atoms with van der Waals surface area (Å²) >= 11 is 0. The number of phenolic OH excluding ortho intramolecular Hbond substituents is 3. The number of aromatic hydroxyl groups is 3. The summed E-state index contributed by atoms with van der Waals surface area (Å²) in [5, 5.41) is 54.9. The minimum Gasteiger partial charge on any atom is -0.507 e. The van der Waals surface area contributed by atoms with E-state index in [2.05, 4.69) is 0 Å². The van der Waals surface area contributed by atoms with Crippen LogP contribution in [0.25, 0.3) is 0 Å². The standard InChI is InChI=1S/C30H35NO11/c1-6-30(39)11-18(42-19-10-15(31(3)4)25(34)12(2)41-19)20-13(24(30)29(38)40-5)9-14-21(27(20)36)28(37)23-17(33)8-7-16(32)22(23)26(14)35/h7-9,12,15,18-19,24-25,32-34,36,39H,6,10-11H2,1-5H3/t12-,15-,18+,19+,24+,25+,30-/m0/s1. The third-order valence-electron chi connectivity index (χ3n) is 8.87. The lowest BCUT2D eigenvalue weighted by Crippen LogP contribution is -2.54. The average molecular weight is 586 g/mol. The molecule has 0 bridgehead atoms. The van der Waals surface area contributed by atoms with Crippen LogP contribution in [0.5, 0.6) is 17.2 Å². The molecule has 0 aromatic heterocycles. The minimum atomic E-state index is -1.74. The number of esters is 1. The Bertz CT molecular complexity index is 1470. The first-order valence-corrected chi connectivity index (χ1v) is 13.7. The monoisotopic (exact) mass is 585 g/mol. The molecule has 0 saturated carbocycles. The minimum absolute atomic E-state index is 0.00436. The SMILES string of the molecule is CC[C@]1(O)C[C@@H](O[C@@H]2C[C@H](N(C)C)[C@H](O)[C@H](C)O2)c2c(cc3c(c2O)C(=O)c2c(O)ccc(O)c2C3=O)[C@@H]1C(=O)OC. The molecule has 7 atom stereocenters. The number of likely N-dealkylation sites (N-methyl/N-ethyl adjacent to an activating group) is 1. The van der Waals surface area contributed by atoms with Crippen molar-refractivity contribution in [3.05, 3.63) is 51.6 Å². The van der Waals surface area contributed by atoms with E-state index in [1.165, 1.54) is 6.07 Å². The smallest absolute Gasteiger partial charge is 0.316 e. The van der Waals surface area contributed by atoms with Gasteiger partial charge in [-0.05, 0) is 51.2 Å². The van der Waals surface area contributed by atoms with Crippen molar-refractivity contribution in [2.75, 3.05) is 21.2 Å². The molecule has 2 aromatic carbocycles. The van der Waals surface area contributed by atoms with Gasteiger partial charge in [0.15, 0.2) is 12.1 Å². The van der Waals surface area contributed by atoms with E-state index < -0.39 is 87.6 Å². The van der Waals surface area contributed by atoms with Gasteiger partial charge in [-0.15, -0.1) is 0 Å². The average Bonchev–Trinajstić information content (AvgIpc) is 2.93. The molecule has 1 saturated heterocycles. The maximum absolute atomic E-state index is 13.7. The van der Waals surface area contributed by atoms with Gasteiger partial charge in [0.25, 0.3) is 0 Å². The molecule has 0 radical (unpaired) electrons. The molecule has 5 rings (SSSR count). The number of aliphatic hydroxyl groups is 2. The molecule has 0 unspecified atom stereocenters. The Morgan fingerprint density at radius 1 is 1.10 bits per heavy atom. The molecule has 3 aliphatic rings. The van der Waals surface area contributed by atoms with Gasteiger partial charge in [-0.1, -0.05) is 6.92 Å². The fourth-order valence-electron chi connectivity index (χ4n) is 6.56. The number of aliphatic hydroxyl groups excluding tert-OH is 1. The Hall–Kier alpha value is -3.55. The van der Waals surface area contributed by atoms with Crippen molar-refractivity contribution in [1.82, 2.24) is 4.90 Å². The Kier molecular flexibility index (Phi) is 7.57. The van der Waals surface area contributed by atoms with Crippen LogP contribution in [-0.4, -0.2) is 99.3 Å². The maximum atomic E-state index is 13.7. The highest BCUT2D eigenvalue weighted by atomic mass is 16.7. The Morgan fingerprint density at radius 2 is 1.71 bits per heavy atom. The Balaban J connectivity index is 1.70. The molecule has 12 heteroatoms. The van der Waals surface area contributed by atoms with Gasteiger partial charge in [0.1, 0.15) is 23.2 Å². The number of rotatable bonds is 5. The van der Waals surface area contributed by atoms with Gasteiger partial charge in [-0.25, -0.2) is 0 Å². The van der Waals surface area contributed by atoms with E-state index >= 15 is 0 Å². The molecular weight excluding hydrogens is 550 g/mol. The zero-order valence-corrected chi connectivity index (χ0v) is 24.0. The van der Waals surface area contributed by atoms with Gasteiger partial charge in [0.05, 0.1) is 47.7 Å². The number of benzene rings is 2. The van der Waals surface area contributed by atoms with Crippen LogP contribution >= 0.6 is 0 Å². The quantitative estimate of drug-likeness (QED) is 0.217. The van der Waals surface area contributed by atoms with Crippen LogP contribution in [-0.2, 0) is 19.0 Å². The number of hydrogen-bond acceptors (Lipinski definition) is 12. The summed E-state index contributed by atoms with van der Waals surface area (Å²) < 4.78 is 17.3. The second-order valence-corrected chi connectivity index (χ2v) is 11.4. The lowest BCUT2D eigenvalue weighted by molar-refractivity contribution is -0.258. The normalized spacial score (nSPS) is 30.5. The molecule has 1 aliphatic heterocycles. The van der Waals surface area contributed by atoms with E-state index in [-0.39, 0.29) is 42.0 Å². The number of carbonyl (C=O) groups is 3. The highest BCUT2D eigenvalue weighted by Gasteiger charge is 2.53. The van der Waals surface area contributed by atoms with Crippen molar-refractivity contribution in [3.63, 3.8) is 0 Å². The fourth-order valence-corrected chi connectivity index (χ4v) is 6.56. The predicted octanol–water partition coefficient (Wildman–Crippen LogP) is 1.86. The topological polar surface area (TPSA) is 183 Å². The summed E-state index contributed by atoms with van der Waals surface area (Å²) in [5.41, 5.74) is -3.36. The number of hydrogen-bond donors (Lipinski definition) is 5. The van der Waals surface area contributed by atoms with Gasteiger partial charge in [-0.3, -0.25) is 14.4 Å². The van der Waals surface area contributed by atoms with Crippen LogP contribution in [0.4, 0.5) is 0 Å². The van der Waals surface area contributed by atoms with Crippen molar-refractivity contribution >= 4 is 17.5 Å². The highest BCUT2D eigenvalue weighted by Crippen LogP contribution is 2.54. The van der Waals surface area contributed by atoms with Gasteiger partial charge in [0.2, 0.25) is 5.78 Å².